The molecule has 0 bridgehead atoms. The standard InChI is InChI=1S/C34H42N8O6S2/c1-21(39-49(3,45)46)33(43)41-17-5-7-29(41)31-35-19-27(37-31)25-13-9-23(10-14-25)24-11-15-26(16-12-24)28-20-36-32(38-28)30-8-6-18-42(30)34(44)22(2)40-50(4,47)48/h9-16,19-22,29-30,39-40H,5-8,17-18H2,1-4H3,(H,35,37)(H,36,38)/t21-,22-,29-,30-/m0/s1. The minimum Gasteiger partial charge on any atom is -0.346 e. The fourth-order valence-corrected chi connectivity index (χ4v) is 8.34. The molecule has 16 heteroatoms. The van der Waals surface area contributed by atoms with E-state index in [0.29, 0.717) is 24.7 Å². The summed E-state index contributed by atoms with van der Waals surface area (Å²) < 4.78 is 51.3. The van der Waals surface area contributed by atoms with Crippen LogP contribution in [0.3, 0.4) is 0 Å². The van der Waals surface area contributed by atoms with Crippen molar-refractivity contribution in [1.82, 2.24) is 39.2 Å². The zero-order chi connectivity index (χ0) is 35.8. The summed E-state index contributed by atoms with van der Waals surface area (Å²) in [6, 6.07) is 13.9. The Labute approximate surface area is 292 Å². The van der Waals surface area contributed by atoms with Gasteiger partial charge < -0.3 is 19.8 Å². The van der Waals surface area contributed by atoms with Crippen LogP contribution in [0.4, 0.5) is 0 Å². The Morgan fingerprint density at radius 3 is 1.70 bits per heavy atom. The summed E-state index contributed by atoms with van der Waals surface area (Å²) in [4.78, 5) is 45.4. The van der Waals surface area contributed by atoms with Crippen LogP contribution in [0.15, 0.2) is 60.9 Å². The fraction of sp³-hybridized carbons (Fsp3) is 0.412. The number of benzene rings is 2. The molecule has 0 spiro atoms. The predicted octanol–water partition coefficient (Wildman–Crippen LogP) is 3.34. The largest absolute Gasteiger partial charge is 0.346 e. The zero-order valence-corrected chi connectivity index (χ0v) is 30.0. The molecule has 4 atom stereocenters. The number of carbonyl (C=O) groups excluding carboxylic acids is 2. The molecule has 2 aromatic heterocycles. The number of aromatic amines is 2. The molecule has 6 rings (SSSR count). The van der Waals surface area contributed by atoms with Gasteiger partial charge in [0.15, 0.2) is 0 Å². The Morgan fingerprint density at radius 1 is 0.740 bits per heavy atom. The summed E-state index contributed by atoms with van der Waals surface area (Å²) in [5.41, 5.74) is 5.49. The van der Waals surface area contributed by atoms with Crippen molar-refractivity contribution in [2.24, 2.45) is 0 Å². The maximum atomic E-state index is 13.0. The zero-order valence-electron chi connectivity index (χ0n) is 28.4. The summed E-state index contributed by atoms with van der Waals surface area (Å²) >= 11 is 0. The maximum Gasteiger partial charge on any atom is 0.241 e. The number of aromatic nitrogens is 4. The lowest BCUT2D eigenvalue weighted by Crippen LogP contribution is -2.46. The van der Waals surface area contributed by atoms with E-state index in [9.17, 15) is 26.4 Å². The molecule has 2 saturated heterocycles. The lowest BCUT2D eigenvalue weighted by atomic mass is 10.0. The van der Waals surface area contributed by atoms with Gasteiger partial charge in [-0.3, -0.25) is 9.59 Å². The molecule has 4 heterocycles. The predicted molar refractivity (Wildman–Crippen MR) is 189 cm³/mol. The Kier molecular flexibility index (Phi) is 9.99. The highest BCUT2D eigenvalue weighted by molar-refractivity contribution is 7.89. The number of likely N-dealkylation sites (tertiary alicyclic amines) is 2. The van der Waals surface area contributed by atoms with Crippen LogP contribution < -0.4 is 9.44 Å². The quantitative estimate of drug-likeness (QED) is 0.181. The van der Waals surface area contributed by atoms with E-state index in [1.807, 2.05) is 54.7 Å². The number of amides is 2. The molecule has 2 fully saturated rings. The van der Waals surface area contributed by atoms with Gasteiger partial charge in [-0.2, -0.15) is 0 Å². The molecule has 4 aromatic rings. The van der Waals surface area contributed by atoms with Crippen molar-refractivity contribution in [3.63, 3.8) is 0 Å². The lowest BCUT2D eigenvalue weighted by Gasteiger charge is -2.26. The monoisotopic (exact) mass is 722 g/mol. The molecule has 14 nitrogen and oxygen atoms in total. The van der Waals surface area contributed by atoms with Gasteiger partial charge in [-0.15, -0.1) is 0 Å². The molecule has 2 amide bonds. The second-order valence-electron chi connectivity index (χ2n) is 13.1. The molecular formula is C34H42N8O6S2. The molecule has 0 aliphatic carbocycles. The van der Waals surface area contributed by atoms with Crippen LogP contribution >= 0.6 is 0 Å². The molecule has 2 aliphatic heterocycles. The van der Waals surface area contributed by atoms with Crippen molar-refractivity contribution < 1.29 is 26.4 Å². The van der Waals surface area contributed by atoms with Crippen molar-refractivity contribution in [2.75, 3.05) is 25.6 Å². The molecule has 50 heavy (non-hydrogen) atoms. The second kappa shape index (κ2) is 14.1. The highest BCUT2D eigenvalue weighted by Crippen LogP contribution is 2.34. The van der Waals surface area contributed by atoms with Crippen molar-refractivity contribution in [3.05, 3.63) is 72.6 Å². The van der Waals surface area contributed by atoms with E-state index in [2.05, 4.69) is 24.4 Å². The third-order valence-electron chi connectivity index (χ3n) is 9.13. The fourth-order valence-electron chi connectivity index (χ4n) is 6.85. The van der Waals surface area contributed by atoms with E-state index in [-0.39, 0.29) is 23.9 Å². The lowest BCUT2D eigenvalue weighted by molar-refractivity contribution is -0.134. The average Bonchev–Trinajstić information content (AvgIpc) is 3.88. The molecule has 4 N–H and O–H groups in total. The Morgan fingerprint density at radius 2 is 1.20 bits per heavy atom. The van der Waals surface area contributed by atoms with Gasteiger partial charge in [0, 0.05) is 24.8 Å². The van der Waals surface area contributed by atoms with Gasteiger partial charge in [-0.1, -0.05) is 48.5 Å². The number of imidazole rings is 2. The number of rotatable bonds is 11. The van der Waals surface area contributed by atoms with Gasteiger partial charge in [0.2, 0.25) is 31.9 Å². The maximum absolute atomic E-state index is 13.0. The van der Waals surface area contributed by atoms with Crippen LogP contribution in [-0.4, -0.2) is 96.1 Å². The Hall–Kier alpha value is -4.38. The summed E-state index contributed by atoms with van der Waals surface area (Å²) in [7, 11) is -7.03. The first-order chi connectivity index (χ1) is 23.7. The highest BCUT2D eigenvalue weighted by atomic mass is 32.2. The number of sulfonamides is 2. The smallest absolute Gasteiger partial charge is 0.241 e. The number of hydrogen-bond donors (Lipinski definition) is 4. The van der Waals surface area contributed by atoms with Crippen molar-refractivity contribution in [1.29, 1.82) is 0 Å². The molecule has 0 radical (unpaired) electrons. The van der Waals surface area contributed by atoms with Crippen LogP contribution in [0.2, 0.25) is 0 Å². The molecule has 0 unspecified atom stereocenters. The van der Waals surface area contributed by atoms with Gasteiger partial charge in [0.05, 0.1) is 54.3 Å². The number of carbonyl (C=O) groups is 2. The van der Waals surface area contributed by atoms with E-state index in [0.717, 1.165) is 71.8 Å². The van der Waals surface area contributed by atoms with Crippen molar-refractivity contribution >= 4 is 31.9 Å². The number of hydrogen-bond acceptors (Lipinski definition) is 8. The third-order valence-corrected chi connectivity index (χ3v) is 10.7. The number of nitrogens with zero attached hydrogens (tertiary/aromatic N) is 4. The Bertz CT molecular complexity index is 1930. The summed E-state index contributed by atoms with van der Waals surface area (Å²) in [6.45, 7) is 4.18. The van der Waals surface area contributed by atoms with E-state index in [1.165, 1.54) is 0 Å². The van der Waals surface area contributed by atoms with Crippen LogP contribution in [0.5, 0.6) is 0 Å². The molecule has 2 aromatic carbocycles. The molecule has 2 aliphatic rings. The van der Waals surface area contributed by atoms with Crippen LogP contribution in [0, 0.1) is 0 Å². The van der Waals surface area contributed by atoms with Crippen molar-refractivity contribution in [3.8, 4) is 33.6 Å². The molecular weight excluding hydrogens is 681 g/mol. The topological polar surface area (TPSA) is 190 Å². The van der Waals surface area contributed by atoms with Gasteiger partial charge in [-0.25, -0.2) is 36.2 Å². The van der Waals surface area contributed by atoms with Crippen molar-refractivity contribution in [2.45, 2.75) is 63.7 Å². The molecule has 266 valence electrons. The summed E-state index contributed by atoms with van der Waals surface area (Å²) in [6.07, 6.45) is 8.75. The first-order valence-corrected chi connectivity index (χ1v) is 20.3. The SMILES string of the molecule is C[C@H](NS(C)(=O)=O)C(=O)N1CCC[C@H]1c1nc(-c2ccc(-c3ccc(-c4cnc([C@@H]5CCCN5C(=O)[C@H](C)NS(C)(=O)=O)[nH]4)cc3)cc2)c[nH]1. The average molecular weight is 723 g/mol. The van der Waals surface area contributed by atoms with Gasteiger partial charge in [0.25, 0.3) is 0 Å². The normalized spacial score (nSPS) is 19.5. The van der Waals surface area contributed by atoms with Crippen LogP contribution in [0.1, 0.15) is 63.3 Å². The van der Waals surface area contributed by atoms with Crippen LogP contribution in [0.25, 0.3) is 33.6 Å². The van der Waals surface area contributed by atoms with Crippen LogP contribution in [-0.2, 0) is 29.6 Å². The number of H-pyrrole nitrogens is 2. The first-order valence-electron chi connectivity index (χ1n) is 16.5. The second-order valence-corrected chi connectivity index (χ2v) is 16.7. The van der Waals surface area contributed by atoms with Gasteiger partial charge >= 0.3 is 0 Å². The summed E-state index contributed by atoms with van der Waals surface area (Å²) in [5, 5.41) is 0. The summed E-state index contributed by atoms with van der Waals surface area (Å²) in [5.74, 6) is 0.791. The van der Waals surface area contributed by atoms with E-state index >= 15 is 0 Å². The van der Waals surface area contributed by atoms with Gasteiger partial charge in [-0.05, 0) is 56.2 Å². The number of nitrogens with one attached hydrogen (secondary N) is 4. The van der Waals surface area contributed by atoms with E-state index in [1.54, 1.807) is 29.8 Å². The highest BCUT2D eigenvalue weighted by Gasteiger charge is 2.36. The van der Waals surface area contributed by atoms with E-state index < -0.39 is 32.1 Å². The Balaban J connectivity index is 1.10. The van der Waals surface area contributed by atoms with E-state index in [4.69, 9.17) is 4.98 Å². The van der Waals surface area contributed by atoms with Gasteiger partial charge in [0.1, 0.15) is 11.6 Å². The minimum absolute atomic E-state index is 0.253. The minimum atomic E-state index is -3.51. The first kappa shape index (κ1) is 35.4. The molecule has 0 saturated carbocycles. The third kappa shape index (κ3) is 7.98.